The number of carbonyl (C=O) groups excluding carboxylic acids is 1. The van der Waals surface area contributed by atoms with E-state index >= 15 is 0 Å². The summed E-state index contributed by atoms with van der Waals surface area (Å²) in [5.74, 6) is 1.42. The molecule has 0 aliphatic carbocycles. The molecule has 0 aromatic heterocycles. The number of ether oxygens (including phenoxy) is 2. The van der Waals surface area contributed by atoms with Crippen LogP contribution >= 0.6 is 15.9 Å². The van der Waals surface area contributed by atoms with Crippen LogP contribution in [-0.4, -0.2) is 19.6 Å². The molecule has 4 nitrogen and oxygen atoms in total. The van der Waals surface area contributed by atoms with Gasteiger partial charge in [-0.25, -0.2) is 0 Å². The zero-order valence-corrected chi connectivity index (χ0v) is 14.1. The molecule has 2 aromatic carbocycles. The number of rotatable bonds is 6. The number of amides is 1. The van der Waals surface area contributed by atoms with Crippen molar-refractivity contribution < 1.29 is 14.3 Å². The molecule has 22 heavy (non-hydrogen) atoms. The molecule has 2 rings (SSSR count). The van der Waals surface area contributed by atoms with Crippen LogP contribution in [0.3, 0.4) is 0 Å². The number of halogens is 1. The van der Waals surface area contributed by atoms with Crippen molar-refractivity contribution in [1.29, 1.82) is 0 Å². The smallest absolute Gasteiger partial charge is 0.227 e. The molecule has 1 N–H and O–H groups in total. The van der Waals surface area contributed by atoms with E-state index in [1.54, 1.807) is 7.11 Å². The highest BCUT2D eigenvalue weighted by Gasteiger charge is 2.05. The van der Waals surface area contributed by atoms with E-state index in [1.165, 1.54) is 0 Å². The standard InChI is InChI=1S/C17H18BrNO3/c1-12-11-13(18)3-8-16(12)19-17(20)9-10-22-15-6-4-14(21-2)5-7-15/h3-8,11H,9-10H2,1-2H3,(H,19,20). The van der Waals surface area contributed by atoms with Crippen molar-refractivity contribution in [3.8, 4) is 11.5 Å². The second-order valence-electron chi connectivity index (χ2n) is 4.78. The Hall–Kier alpha value is -2.01. The highest BCUT2D eigenvalue weighted by atomic mass is 79.9. The van der Waals surface area contributed by atoms with Gasteiger partial charge in [-0.1, -0.05) is 15.9 Å². The predicted octanol–water partition coefficient (Wildman–Crippen LogP) is 4.17. The Morgan fingerprint density at radius 2 is 1.82 bits per heavy atom. The van der Waals surface area contributed by atoms with E-state index in [9.17, 15) is 4.79 Å². The summed E-state index contributed by atoms with van der Waals surface area (Å²) >= 11 is 3.40. The van der Waals surface area contributed by atoms with Crippen LogP contribution in [0.1, 0.15) is 12.0 Å². The molecule has 5 heteroatoms. The molecule has 0 fully saturated rings. The van der Waals surface area contributed by atoms with Gasteiger partial charge in [0.15, 0.2) is 0 Å². The van der Waals surface area contributed by atoms with E-state index in [2.05, 4.69) is 21.2 Å². The summed E-state index contributed by atoms with van der Waals surface area (Å²) < 4.78 is 11.6. The largest absolute Gasteiger partial charge is 0.497 e. The van der Waals surface area contributed by atoms with Gasteiger partial charge in [0.1, 0.15) is 11.5 Å². The van der Waals surface area contributed by atoms with Crippen molar-refractivity contribution in [2.75, 3.05) is 19.0 Å². The van der Waals surface area contributed by atoms with Gasteiger partial charge >= 0.3 is 0 Å². The minimum absolute atomic E-state index is 0.0704. The lowest BCUT2D eigenvalue weighted by Crippen LogP contribution is -2.15. The first-order valence-electron chi connectivity index (χ1n) is 6.91. The summed E-state index contributed by atoms with van der Waals surface area (Å²) in [6, 6.07) is 13.0. The first-order valence-corrected chi connectivity index (χ1v) is 7.70. The third-order valence-corrected chi connectivity index (χ3v) is 3.61. The third-order valence-electron chi connectivity index (χ3n) is 3.12. The number of benzene rings is 2. The number of hydrogen-bond acceptors (Lipinski definition) is 3. The molecule has 0 aliphatic rings. The molecule has 0 spiro atoms. The van der Waals surface area contributed by atoms with Gasteiger partial charge in [-0.05, 0) is 55.0 Å². The summed E-state index contributed by atoms with van der Waals surface area (Å²) in [4.78, 5) is 11.9. The third kappa shape index (κ3) is 4.77. The molecular formula is C17H18BrNO3. The highest BCUT2D eigenvalue weighted by molar-refractivity contribution is 9.10. The first kappa shape index (κ1) is 16.4. The van der Waals surface area contributed by atoms with Crippen LogP contribution in [0.25, 0.3) is 0 Å². The molecule has 2 aromatic rings. The molecule has 0 heterocycles. The van der Waals surface area contributed by atoms with Crippen LogP contribution < -0.4 is 14.8 Å². The number of carbonyl (C=O) groups is 1. The van der Waals surface area contributed by atoms with Crippen molar-refractivity contribution in [2.45, 2.75) is 13.3 Å². The minimum atomic E-state index is -0.0704. The molecule has 1 amide bonds. The molecular weight excluding hydrogens is 346 g/mol. The van der Waals surface area contributed by atoms with Crippen molar-refractivity contribution in [2.24, 2.45) is 0 Å². The quantitative estimate of drug-likeness (QED) is 0.837. The molecule has 116 valence electrons. The Labute approximate surface area is 138 Å². The summed E-state index contributed by atoms with van der Waals surface area (Å²) in [5.41, 5.74) is 1.83. The fourth-order valence-corrected chi connectivity index (χ4v) is 2.39. The van der Waals surface area contributed by atoms with Gasteiger partial charge < -0.3 is 14.8 Å². The van der Waals surface area contributed by atoms with Crippen LogP contribution in [0.2, 0.25) is 0 Å². The maximum Gasteiger partial charge on any atom is 0.227 e. The molecule has 0 bridgehead atoms. The van der Waals surface area contributed by atoms with E-state index in [0.29, 0.717) is 18.8 Å². The van der Waals surface area contributed by atoms with Crippen molar-refractivity contribution in [1.82, 2.24) is 0 Å². The van der Waals surface area contributed by atoms with Gasteiger partial charge in [0.05, 0.1) is 20.1 Å². The highest BCUT2D eigenvalue weighted by Crippen LogP contribution is 2.20. The summed E-state index contributed by atoms with van der Waals surface area (Å²) in [6.07, 6.45) is 0.293. The fourth-order valence-electron chi connectivity index (χ4n) is 1.91. The maximum absolute atomic E-state index is 11.9. The van der Waals surface area contributed by atoms with Gasteiger partial charge in [0, 0.05) is 10.2 Å². The van der Waals surface area contributed by atoms with Crippen LogP contribution in [0.15, 0.2) is 46.9 Å². The zero-order valence-electron chi connectivity index (χ0n) is 12.6. The van der Waals surface area contributed by atoms with E-state index in [4.69, 9.17) is 9.47 Å². The average molecular weight is 364 g/mol. The normalized spacial score (nSPS) is 10.1. The molecule has 0 saturated heterocycles. The van der Waals surface area contributed by atoms with Crippen molar-refractivity contribution >= 4 is 27.5 Å². The van der Waals surface area contributed by atoms with Gasteiger partial charge in [0.2, 0.25) is 5.91 Å². The van der Waals surface area contributed by atoms with Crippen LogP contribution in [-0.2, 0) is 4.79 Å². The Bertz CT molecular complexity index is 641. The fraction of sp³-hybridized carbons (Fsp3) is 0.235. The van der Waals surface area contributed by atoms with E-state index in [1.807, 2.05) is 49.4 Å². The average Bonchev–Trinajstić information content (AvgIpc) is 2.51. The maximum atomic E-state index is 11.9. The number of aryl methyl sites for hydroxylation is 1. The zero-order chi connectivity index (χ0) is 15.9. The Morgan fingerprint density at radius 3 is 2.45 bits per heavy atom. The predicted molar refractivity (Wildman–Crippen MR) is 90.6 cm³/mol. The second-order valence-corrected chi connectivity index (χ2v) is 5.70. The summed E-state index contributed by atoms with van der Waals surface area (Å²) in [5, 5.41) is 2.88. The van der Waals surface area contributed by atoms with Crippen LogP contribution in [0, 0.1) is 6.92 Å². The van der Waals surface area contributed by atoms with E-state index in [0.717, 1.165) is 21.5 Å². The Kier molecular flexibility index (Phi) is 5.83. The van der Waals surface area contributed by atoms with Crippen LogP contribution in [0.4, 0.5) is 5.69 Å². The Balaban J connectivity index is 1.79. The van der Waals surface area contributed by atoms with Gasteiger partial charge in [-0.15, -0.1) is 0 Å². The monoisotopic (exact) mass is 363 g/mol. The number of anilines is 1. The van der Waals surface area contributed by atoms with Gasteiger partial charge in [-0.3, -0.25) is 4.79 Å². The SMILES string of the molecule is COc1ccc(OCCC(=O)Nc2ccc(Br)cc2C)cc1. The minimum Gasteiger partial charge on any atom is -0.497 e. The molecule has 0 saturated carbocycles. The van der Waals surface area contributed by atoms with Gasteiger partial charge in [-0.2, -0.15) is 0 Å². The van der Waals surface area contributed by atoms with E-state index in [-0.39, 0.29) is 5.91 Å². The molecule has 0 radical (unpaired) electrons. The van der Waals surface area contributed by atoms with Crippen LogP contribution in [0.5, 0.6) is 11.5 Å². The molecule has 0 unspecified atom stereocenters. The summed E-state index contributed by atoms with van der Waals surface area (Å²) in [7, 11) is 1.62. The summed E-state index contributed by atoms with van der Waals surface area (Å²) in [6.45, 7) is 2.28. The number of methoxy groups -OCH3 is 1. The lowest BCUT2D eigenvalue weighted by atomic mass is 10.2. The lowest BCUT2D eigenvalue weighted by Gasteiger charge is -2.10. The van der Waals surface area contributed by atoms with Gasteiger partial charge in [0.25, 0.3) is 0 Å². The topological polar surface area (TPSA) is 47.6 Å². The Morgan fingerprint density at radius 1 is 1.14 bits per heavy atom. The van der Waals surface area contributed by atoms with Crippen molar-refractivity contribution in [3.05, 3.63) is 52.5 Å². The molecule has 0 atom stereocenters. The van der Waals surface area contributed by atoms with Crippen molar-refractivity contribution in [3.63, 3.8) is 0 Å². The first-order chi connectivity index (χ1) is 10.6. The van der Waals surface area contributed by atoms with E-state index < -0.39 is 0 Å². The number of nitrogens with one attached hydrogen (secondary N) is 1. The lowest BCUT2D eigenvalue weighted by molar-refractivity contribution is -0.116. The number of hydrogen-bond donors (Lipinski definition) is 1. The molecule has 0 aliphatic heterocycles. The second kappa shape index (κ2) is 7.84.